The van der Waals surface area contributed by atoms with Gasteiger partial charge in [0.15, 0.2) is 0 Å². The smallest absolute Gasteiger partial charge is 0.227 e. The van der Waals surface area contributed by atoms with Crippen LogP contribution >= 0.6 is 11.6 Å². The number of nitrogens with zero attached hydrogens (tertiary/aromatic N) is 7. The van der Waals surface area contributed by atoms with E-state index in [0.717, 1.165) is 44.8 Å². The summed E-state index contributed by atoms with van der Waals surface area (Å²) in [6.45, 7) is 0. The molecule has 10 aromatic rings. The van der Waals surface area contributed by atoms with Crippen LogP contribution in [0, 0.1) is 0 Å². The van der Waals surface area contributed by atoms with E-state index < -0.39 is 11.1 Å². The Hall–Kier alpha value is -8.66. The molecule has 0 aliphatic heterocycles. The third kappa shape index (κ3) is 9.63. The van der Waals surface area contributed by atoms with Gasteiger partial charge in [0.1, 0.15) is 22.5 Å². The molecule has 10 heteroatoms. The summed E-state index contributed by atoms with van der Waals surface area (Å²) in [7, 11) is 3.77. The highest BCUT2D eigenvalue weighted by Crippen LogP contribution is 2.42. The number of imidazole rings is 2. The van der Waals surface area contributed by atoms with Crippen LogP contribution in [0.25, 0.3) is 11.4 Å². The molecule has 1 N–H and O–H groups in total. The predicted octanol–water partition coefficient (Wildman–Crippen LogP) is 12.6. The maximum Gasteiger partial charge on any atom is 0.227 e. The van der Waals surface area contributed by atoms with Crippen LogP contribution in [-0.2, 0) is 11.1 Å². The molecule has 0 aliphatic rings. The van der Waals surface area contributed by atoms with Crippen LogP contribution in [0.2, 0.25) is 5.02 Å². The number of benzene rings is 7. The maximum atomic E-state index is 12.7. The molecule has 0 spiro atoms. The van der Waals surface area contributed by atoms with Crippen molar-refractivity contribution in [3.05, 3.63) is 300 Å². The van der Waals surface area contributed by atoms with Crippen LogP contribution in [0.15, 0.2) is 256 Å². The molecule has 338 valence electrons. The van der Waals surface area contributed by atoms with Crippen molar-refractivity contribution in [2.24, 2.45) is 0 Å². The molecular weight excluding hydrogens is 872 g/mol. The van der Waals surface area contributed by atoms with Crippen LogP contribution in [0.5, 0.6) is 0 Å². The molecule has 0 radical (unpaired) electrons. The number of carbonyl (C=O) groups excluding carboxylic acids is 1. The first-order valence-corrected chi connectivity index (χ1v) is 22.9. The fourth-order valence-electron chi connectivity index (χ4n) is 8.80. The minimum Gasteiger partial charge on any atom is -0.383 e. The van der Waals surface area contributed by atoms with Crippen LogP contribution < -0.4 is 5.32 Å². The normalized spacial score (nSPS) is 11.4. The first-order chi connectivity index (χ1) is 33.8. The molecule has 0 aliphatic carbocycles. The molecular formula is C59H49ClN8O. The zero-order valence-electron chi connectivity index (χ0n) is 38.2. The second-order valence-corrected chi connectivity index (χ2v) is 16.9. The molecule has 0 amide bonds. The number of rotatable bonds is 14. The Bertz CT molecular complexity index is 3060. The van der Waals surface area contributed by atoms with E-state index in [1.807, 2.05) is 139 Å². The van der Waals surface area contributed by atoms with E-state index in [1.165, 1.54) is 0 Å². The van der Waals surface area contributed by atoms with E-state index in [9.17, 15) is 4.79 Å². The molecule has 7 aromatic carbocycles. The number of allylic oxidation sites excluding steroid dienone is 1. The summed E-state index contributed by atoms with van der Waals surface area (Å²) in [6, 6.07) is 71.9. The third-order valence-corrected chi connectivity index (χ3v) is 12.1. The maximum absolute atomic E-state index is 12.7. The summed E-state index contributed by atoms with van der Waals surface area (Å²) >= 11 is 6.14. The number of halogens is 1. The van der Waals surface area contributed by atoms with Crippen molar-refractivity contribution in [1.82, 2.24) is 34.0 Å². The summed E-state index contributed by atoms with van der Waals surface area (Å²) < 4.78 is 4.22. The number of hydrogen-bond donors (Lipinski definition) is 1. The average molecular weight is 922 g/mol. The quantitative estimate of drug-likeness (QED) is 0.0659. The largest absolute Gasteiger partial charge is 0.383 e. The van der Waals surface area contributed by atoms with Crippen LogP contribution in [0.3, 0.4) is 0 Å². The first-order valence-electron chi connectivity index (χ1n) is 22.5. The molecule has 0 unspecified atom stereocenters. The van der Waals surface area contributed by atoms with Crippen molar-refractivity contribution in [3.8, 4) is 11.4 Å². The molecule has 0 bridgehead atoms. The monoisotopic (exact) mass is 920 g/mol. The van der Waals surface area contributed by atoms with Gasteiger partial charge < -0.3 is 19.4 Å². The highest BCUT2D eigenvalue weighted by atomic mass is 35.5. The SMILES string of the molecule is CN(C)C=CC(=O)c1cn(C(c2ccccc2)(c2ccccc2)c2ccccc2)cn1.Clc1cccc(Nc2nccc(-c3cn(C(c4ccccc4)(c4ccccc4)c4ccccc4)cn3)n2)c1. The Labute approximate surface area is 407 Å². The van der Waals surface area contributed by atoms with Crippen molar-refractivity contribution in [2.75, 3.05) is 19.4 Å². The summed E-state index contributed by atoms with van der Waals surface area (Å²) in [5.41, 5.74) is 8.05. The lowest BCUT2D eigenvalue weighted by Crippen LogP contribution is -2.37. The highest BCUT2D eigenvalue weighted by Gasteiger charge is 2.40. The number of aromatic nitrogens is 6. The Morgan fingerprint density at radius 1 is 0.522 bits per heavy atom. The second-order valence-electron chi connectivity index (χ2n) is 16.5. The van der Waals surface area contributed by atoms with E-state index in [0.29, 0.717) is 22.4 Å². The minimum absolute atomic E-state index is 0.129. The van der Waals surface area contributed by atoms with E-state index in [4.69, 9.17) is 21.6 Å². The number of ketones is 1. The molecule has 0 saturated heterocycles. The molecule has 0 fully saturated rings. The lowest BCUT2D eigenvalue weighted by Gasteiger charge is -2.37. The van der Waals surface area contributed by atoms with Gasteiger partial charge in [-0.25, -0.2) is 19.9 Å². The summed E-state index contributed by atoms with van der Waals surface area (Å²) in [6.07, 6.45) is 12.5. The van der Waals surface area contributed by atoms with Gasteiger partial charge in [-0.3, -0.25) is 4.79 Å². The number of carbonyl (C=O) groups is 1. The van der Waals surface area contributed by atoms with Gasteiger partial charge in [-0.15, -0.1) is 0 Å². The Morgan fingerprint density at radius 3 is 1.39 bits per heavy atom. The predicted molar refractivity (Wildman–Crippen MR) is 277 cm³/mol. The average Bonchev–Trinajstić information content (AvgIpc) is 4.11. The lowest BCUT2D eigenvalue weighted by molar-refractivity contribution is 0.104. The molecule has 9 nitrogen and oxygen atoms in total. The summed E-state index contributed by atoms with van der Waals surface area (Å²) in [5.74, 6) is 0.343. The molecule has 69 heavy (non-hydrogen) atoms. The standard InChI is InChI=1S/C32H24ClN5.C27H25N3O/c33-27-17-10-18-28(21-27)36-31-34-20-19-29(37-31)30-22-38(23-35-30)32(24-11-4-1-5-12-24,25-13-6-2-7-14-25)26-15-8-3-9-16-26;1-29(2)19-18-26(31)25-20-30(21-28-25)27(22-12-6-3-7-13-22,23-14-8-4-9-15-23)24-16-10-5-11-17-24/h1-23H,(H,34,36,37);3-21H,1-2H3. The fraction of sp³-hybridized carbons (Fsp3) is 0.0678. The Balaban J connectivity index is 0.000000176. The third-order valence-electron chi connectivity index (χ3n) is 11.9. The number of anilines is 2. The highest BCUT2D eigenvalue weighted by molar-refractivity contribution is 6.30. The lowest BCUT2D eigenvalue weighted by atomic mass is 9.77. The molecule has 3 heterocycles. The van der Waals surface area contributed by atoms with Gasteiger partial charge in [0.05, 0.1) is 18.3 Å². The number of hydrogen-bond acceptors (Lipinski definition) is 7. The van der Waals surface area contributed by atoms with Crippen LogP contribution in [-0.4, -0.2) is 53.8 Å². The number of nitrogens with one attached hydrogen (secondary N) is 1. The van der Waals surface area contributed by atoms with Crippen molar-refractivity contribution >= 4 is 29.0 Å². The van der Waals surface area contributed by atoms with Gasteiger partial charge in [-0.1, -0.05) is 200 Å². The van der Waals surface area contributed by atoms with Crippen molar-refractivity contribution < 1.29 is 4.79 Å². The van der Waals surface area contributed by atoms with E-state index in [2.05, 4.69) is 135 Å². The van der Waals surface area contributed by atoms with Gasteiger partial charge in [0.2, 0.25) is 11.7 Å². The Morgan fingerprint density at radius 2 is 0.957 bits per heavy atom. The van der Waals surface area contributed by atoms with Crippen molar-refractivity contribution in [3.63, 3.8) is 0 Å². The fourth-order valence-corrected chi connectivity index (χ4v) is 8.99. The van der Waals surface area contributed by atoms with Gasteiger partial charge in [0.25, 0.3) is 0 Å². The van der Waals surface area contributed by atoms with Gasteiger partial charge >= 0.3 is 0 Å². The molecule has 0 saturated carbocycles. The van der Waals surface area contributed by atoms with Crippen molar-refractivity contribution in [2.45, 2.75) is 11.1 Å². The van der Waals surface area contributed by atoms with Crippen molar-refractivity contribution in [1.29, 1.82) is 0 Å². The minimum atomic E-state index is -0.666. The van der Waals surface area contributed by atoms with Crippen LogP contribution in [0.4, 0.5) is 11.6 Å². The molecule has 10 rings (SSSR count). The Kier molecular flexibility index (Phi) is 13.8. The van der Waals surface area contributed by atoms with E-state index in [1.54, 1.807) is 24.8 Å². The second kappa shape index (κ2) is 20.9. The van der Waals surface area contributed by atoms with Gasteiger partial charge in [-0.05, 0) is 57.6 Å². The first kappa shape index (κ1) is 45.5. The summed E-state index contributed by atoms with van der Waals surface area (Å²) in [5, 5.41) is 3.87. The molecule has 3 aromatic heterocycles. The topological polar surface area (TPSA) is 93.8 Å². The van der Waals surface area contributed by atoms with E-state index in [-0.39, 0.29) is 5.78 Å². The summed E-state index contributed by atoms with van der Waals surface area (Å²) in [4.78, 5) is 33.0. The molecule has 0 atom stereocenters. The van der Waals surface area contributed by atoms with E-state index >= 15 is 0 Å². The van der Waals surface area contributed by atoms with Crippen LogP contribution in [0.1, 0.15) is 43.9 Å². The van der Waals surface area contributed by atoms with Gasteiger partial charge in [0, 0.05) is 55.7 Å². The van der Waals surface area contributed by atoms with Gasteiger partial charge in [-0.2, -0.15) is 0 Å². The zero-order valence-corrected chi connectivity index (χ0v) is 38.9. The zero-order chi connectivity index (χ0) is 47.5.